The van der Waals surface area contributed by atoms with Crippen LogP contribution in [0.2, 0.25) is 0 Å². The predicted molar refractivity (Wildman–Crippen MR) is 71.0 cm³/mol. The van der Waals surface area contributed by atoms with E-state index in [9.17, 15) is 0 Å². The summed E-state index contributed by atoms with van der Waals surface area (Å²) in [4.78, 5) is 0. The molecule has 3 nitrogen and oxygen atoms in total. The highest BCUT2D eigenvalue weighted by Gasteiger charge is 2.17. The number of nitrogens with two attached hydrogens (primary N) is 1. The Bertz CT molecular complexity index is 363. The molecule has 0 spiro atoms. The van der Waals surface area contributed by atoms with Crippen LogP contribution in [0.5, 0.6) is 11.5 Å². The third kappa shape index (κ3) is 2.91. The molecule has 0 saturated heterocycles. The number of hydrogen-bond donors (Lipinski definition) is 1. The molecule has 0 amide bonds. The molecule has 0 aromatic heterocycles. The molecule has 0 radical (unpaired) electrons. The van der Waals surface area contributed by atoms with Crippen molar-refractivity contribution in [1.82, 2.24) is 0 Å². The van der Waals surface area contributed by atoms with E-state index < -0.39 is 0 Å². The highest BCUT2D eigenvalue weighted by atomic mass is 16.5. The van der Waals surface area contributed by atoms with Crippen molar-refractivity contribution in [3.05, 3.63) is 23.3 Å². The number of methoxy groups -OCH3 is 2. The van der Waals surface area contributed by atoms with Crippen LogP contribution in [0.1, 0.15) is 36.8 Å². The van der Waals surface area contributed by atoms with Crippen LogP contribution in [0.25, 0.3) is 0 Å². The monoisotopic (exact) mass is 237 g/mol. The second kappa shape index (κ2) is 6.50. The SMILES string of the molecule is CCC(CCN)c1ccc(OC)c(C)c1OC. The summed E-state index contributed by atoms with van der Waals surface area (Å²) in [5, 5.41) is 0. The van der Waals surface area contributed by atoms with E-state index in [1.165, 1.54) is 5.56 Å². The van der Waals surface area contributed by atoms with Crippen molar-refractivity contribution in [2.75, 3.05) is 20.8 Å². The lowest BCUT2D eigenvalue weighted by Crippen LogP contribution is -2.09. The van der Waals surface area contributed by atoms with E-state index in [1.807, 2.05) is 13.0 Å². The Balaban J connectivity index is 3.18. The molecule has 0 aliphatic heterocycles. The van der Waals surface area contributed by atoms with E-state index >= 15 is 0 Å². The van der Waals surface area contributed by atoms with Crippen molar-refractivity contribution >= 4 is 0 Å². The first-order valence-electron chi connectivity index (χ1n) is 6.11. The van der Waals surface area contributed by atoms with Crippen molar-refractivity contribution in [1.29, 1.82) is 0 Å². The molecule has 0 aliphatic rings. The summed E-state index contributed by atoms with van der Waals surface area (Å²) >= 11 is 0. The van der Waals surface area contributed by atoms with Crippen molar-refractivity contribution in [2.24, 2.45) is 5.73 Å². The first-order chi connectivity index (χ1) is 8.19. The normalized spacial score (nSPS) is 12.3. The smallest absolute Gasteiger partial charge is 0.128 e. The highest BCUT2D eigenvalue weighted by Crippen LogP contribution is 2.37. The van der Waals surface area contributed by atoms with Gasteiger partial charge in [-0.15, -0.1) is 0 Å². The summed E-state index contributed by atoms with van der Waals surface area (Å²) in [6.45, 7) is 4.91. The van der Waals surface area contributed by atoms with E-state index in [0.29, 0.717) is 12.5 Å². The zero-order valence-corrected chi connectivity index (χ0v) is 11.2. The van der Waals surface area contributed by atoms with Gasteiger partial charge in [0, 0.05) is 5.56 Å². The van der Waals surface area contributed by atoms with Crippen molar-refractivity contribution < 1.29 is 9.47 Å². The lowest BCUT2D eigenvalue weighted by Gasteiger charge is -2.20. The third-order valence-electron chi connectivity index (χ3n) is 3.26. The summed E-state index contributed by atoms with van der Waals surface area (Å²) in [6.07, 6.45) is 2.05. The van der Waals surface area contributed by atoms with E-state index in [-0.39, 0.29) is 0 Å². The summed E-state index contributed by atoms with van der Waals surface area (Å²) in [5.41, 5.74) is 7.96. The van der Waals surface area contributed by atoms with Crippen molar-refractivity contribution in [2.45, 2.75) is 32.6 Å². The molecular formula is C14H23NO2. The summed E-state index contributed by atoms with van der Waals surface area (Å²) in [6, 6.07) is 4.10. The molecule has 1 atom stereocenters. The second-order valence-corrected chi connectivity index (χ2v) is 4.20. The van der Waals surface area contributed by atoms with Gasteiger partial charge in [-0.05, 0) is 43.9 Å². The van der Waals surface area contributed by atoms with E-state index in [2.05, 4.69) is 13.0 Å². The van der Waals surface area contributed by atoms with Crippen LogP contribution in [0, 0.1) is 6.92 Å². The Labute approximate surface area is 104 Å². The second-order valence-electron chi connectivity index (χ2n) is 4.20. The van der Waals surface area contributed by atoms with Gasteiger partial charge >= 0.3 is 0 Å². The average molecular weight is 237 g/mol. The topological polar surface area (TPSA) is 44.5 Å². The summed E-state index contributed by atoms with van der Waals surface area (Å²) < 4.78 is 10.8. The quantitative estimate of drug-likeness (QED) is 0.827. The van der Waals surface area contributed by atoms with E-state index in [0.717, 1.165) is 29.9 Å². The Kier molecular flexibility index (Phi) is 5.29. The minimum absolute atomic E-state index is 0.458. The fourth-order valence-corrected chi connectivity index (χ4v) is 2.29. The first kappa shape index (κ1) is 13.8. The van der Waals surface area contributed by atoms with Gasteiger partial charge in [-0.2, -0.15) is 0 Å². The molecule has 0 saturated carbocycles. The standard InChI is InChI=1S/C14H23NO2/c1-5-11(8-9-15)12-6-7-13(16-3)10(2)14(12)17-4/h6-7,11H,5,8-9,15H2,1-4H3. The van der Waals surface area contributed by atoms with Gasteiger partial charge in [-0.1, -0.05) is 13.0 Å². The predicted octanol–water partition coefficient (Wildman–Crippen LogP) is 2.85. The Morgan fingerprint density at radius 2 is 1.94 bits per heavy atom. The number of ether oxygens (including phenoxy) is 2. The van der Waals surface area contributed by atoms with Gasteiger partial charge in [0.25, 0.3) is 0 Å². The van der Waals surface area contributed by atoms with Crippen molar-refractivity contribution in [3.8, 4) is 11.5 Å². The zero-order chi connectivity index (χ0) is 12.8. The van der Waals surface area contributed by atoms with Gasteiger partial charge < -0.3 is 15.2 Å². The fraction of sp³-hybridized carbons (Fsp3) is 0.571. The van der Waals surface area contributed by atoms with Gasteiger partial charge in [-0.25, -0.2) is 0 Å². The van der Waals surface area contributed by atoms with Crippen LogP contribution >= 0.6 is 0 Å². The maximum absolute atomic E-state index is 5.66. The van der Waals surface area contributed by atoms with Crippen LogP contribution < -0.4 is 15.2 Å². The maximum Gasteiger partial charge on any atom is 0.128 e. The molecular weight excluding hydrogens is 214 g/mol. The first-order valence-corrected chi connectivity index (χ1v) is 6.11. The van der Waals surface area contributed by atoms with Gasteiger partial charge in [0.1, 0.15) is 11.5 Å². The molecule has 1 rings (SSSR count). The molecule has 1 unspecified atom stereocenters. The largest absolute Gasteiger partial charge is 0.496 e. The van der Waals surface area contributed by atoms with Crippen LogP contribution in [-0.4, -0.2) is 20.8 Å². The molecule has 1 aromatic carbocycles. The van der Waals surface area contributed by atoms with E-state index in [4.69, 9.17) is 15.2 Å². The zero-order valence-electron chi connectivity index (χ0n) is 11.2. The van der Waals surface area contributed by atoms with Crippen molar-refractivity contribution in [3.63, 3.8) is 0 Å². The summed E-state index contributed by atoms with van der Waals surface area (Å²) in [7, 11) is 3.39. The minimum Gasteiger partial charge on any atom is -0.496 e. The van der Waals surface area contributed by atoms with Crippen LogP contribution in [0.4, 0.5) is 0 Å². The minimum atomic E-state index is 0.458. The fourth-order valence-electron chi connectivity index (χ4n) is 2.29. The molecule has 17 heavy (non-hydrogen) atoms. The molecule has 96 valence electrons. The molecule has 0 fully saturated rings. The van der Waals surface area contributed by atoms with Crippen LogP contribution in [0.3, 0.4) is 0 Å². The van der Waals surface area contributed by atoms with Gasteiger partial charge in [0.15, 0.2) is 0 Å². The third-order valence-corrected chi connectivity index (χ3v) is 3.26. The van der Waals surface area contributed by atoms with Gasteiger partial charge in [-0.3, -0.25) is 0 Å². The molecule has 0 aliphatic carbocycles. The molecule has 0 heterocycles. The average Bonchev–Trinajstić information content (AvgIpc) is 2.35. The maximum atomic E-state index is 5.66. The van der Waals surface area contributed by atoms with Crippen LogP contribution in [0.15, 0.2) is 12.1 Å². The van der Waals surface area contributed by atoms with Gasteiger partial charge in [0.05, 0.1) is 14.2 Å². The number of benzene rings is 1. The van der Waals surface area contributed by atoms with E-state index in [1.54, 1.807) is 14.2 Å². The Hall–Kier alpha value is -1.22. The Morgan fingerprint density at radius 1 is 1.24 bits per heavy atom. The number of hydrogen-bond acceptors (Lipinski definition) is 3. The van der Waals surface area contributed by atoms with Gasteiger partial charge in [0.2, 0.25) is 0 Å². The summed E-state index contributed by atoms with van der Waals surface area (Å²) in [5.74, 6) is 2.26. The molecule has 0 bridgehead atoms. The van der Waals surface area contributed by atoms with Crippen LogP contribution in [-0.2, 0) is 0 Å². The lowest BCUT2D eigenvalue weighted by atomic mass is 9.91. The highest BCUT2D eigenvalue weighted by molar-refractivity contribution is 5.50. The number of rotatable bonds is 6. The molecule has 3 heteroatoms. The lowest BCUT2D eigenvalue weighted by molar-refractivity contribution is 0.381. The molecule has 1 aromatic rings. The molecule has 2 N–H and O–H groups in total. The Morgan fingerprint density at radius 3 is 2.41 bits per heavy atom.